The molecule has 0 atom stereocenters. The Morgan fingerprint density at radius 2 is 1.39 bits per heavy atom. The first-order valence-electron chi connectivity index (χ1n) is 9.69. The van der Waals surface area contributed by atoms with E-state index in [2.05, 4.69) is 92.7 Å². The molecule has 4 rings (SSSR count). The largest absolute Gasteiger partial charge is 0.233 e. The zero-order valence-electron chi connectivity index (χ0n) is 16.3. The Morgan fingerprint density at radius 3 is 2.04 bits per heavy atom. The SMILES string of the molecule is CC(C)c1ccc(-n2nc(C=Cc3ccccc3)cc2-c2ccccc2)cc1. The van der Waals surface area contributed by atoms with Crippen molar-refractivity contribution in [3.8, 4) is 16.9 Å². The van der Waals surface area contributed by atoms with Crippen LogP contribution in [0.25, 0.3) is 29.1 Å². The van der Waals surface area contributed by atoms with E-state index in [-0.39, 0.29) is 0 Å². The number of rotatable bonds is 5. The molecule has 1 heterocycles. The van der Waals surface area contributed by atoms with Crippen LogP contribution in [0.15, 0.2) is 91.0 Å². The summed E-state index contributed by atoms with van der Waals surface area (Å²) in [6.07, 6.45) is 4.17. The van der Waals surface area contributed by atoms with Crippen LogP contribution in [0.4, 0.5) is 0 Å². The minimum atomic E-state index is 0.518. The van der Waals surface area contributed by atoms with Crippen molar-refractivity contribution >= 4 is 12.2 Å². The molecule has 0 bridgehead atoms. The Hall–Kier alpha value is -3.39. The number of hydrogen-bond donors (Lipinski definition) is 0. The van der Waals surface area contributed by atoms with Crippen molar-refractivity contribution in [2.75, 3.05) is 0 Å². The lowest BCUT2D eigenvalue weighted by Crippen LogP contribution is -2.00. The molecule has 138 valence electrons. The molecule has 0 saturated heterocycles. The molecule has 0 amide bonds. The average Bonchev–Trinajstić information content (AvgIpc) is 3.18. The molecule has 0 aliphatic heterocycles. The first kappa shape index (κ1) is 18.0. The second kappa shape index (κ2) is 8.10. The molecule has 0 aliphatic rings. The zero-order valence-corrected chi connectivity index (χ0v) is 16.3. The van der Waals surface area contributed by atoms with Crippen LogP contribution in [0.1, 0.15) is 36.6 Å². The first-order valence-corrected chi connectivity index (χ1v) is 9.69. The topological polar surface area (TPSA) is 17.8 Å². The van der Waals surface area contributed by atoms with Gasteiger partial charge in [0.1, 0.15) is 0 Å². The van der Waals surface area contributed by atoms with E-state index in [0.29, 0.717) is 5.92 Å². The quantitative estimate of drug-likeness (QED) is 0.379. The lowest BCUT2D eigenvalue weighted by Gasteiger charge is -2.10. The van der Waals surface area contributed by atoms with Gasteiger partial charge in [-0.2, -0.15) is 5.10 Å². The van der Waals surface area contributed by atoms with Gasteiger partial charge in [-0.1, -0.05) is 92.7 Å². The molecule has 4 aromatic rings. The third kappa shape index (κ3) is 3.96. The Balaban J connectivity index is 1.75. The molecule has 0 unspecified atom stereocenters. The van der Waals surface area contributed by atoms with Crippen LogP contribution in [-0.4, -0.2) is 9.78 Å². The van der Waals surface area contributed by atoms with Crippen molar-refractivity contribution in [1.82, 2.24) is 9.78 Å². The molecular formula is C26H24N2. The van der Waals surface area contributed by atoms with E-state index in [4.69, 9.17) is 5.10 Å². The molecular weight excluding hydrogens is 340 g/mol. The Kier molecular flexibility index (Phi) is 5.20. The fraction of sp³-hybridized carbons (Fsp3) is 0.115. The van der Waals surface area contributed by atoms with E-state index in [1.54, 1.807) is 0 Å². The minimum Gasteiger partial charge on any atom is -0.233 e. The lowest BCUT2D eigenvalue weighted by atomic mass is 10.0. The van der Waals surface area contributed by atoms with E-state index < -0.39 is 0 Å². The summed E-state index contributed by atoms with van der Waals surface area (Å²) in [4.78, 5) is 0. The lowest BCUT2D eigenvalue weighted by molar-refractivity contribution is 0.855. The van der Waals surface area contributed by atoms with E-state index >= 15 is 0 Å². The summed E-state index contributed by atoms with van der Waals surface area (Å²) in [5.41, 5.74) is 6.76. The standard InChI is InChI=1S/C26H24N2/c1-20(2)22-14-17-25(18-15-22)28-26(23-11-7-4-8-12-23)19-24(27-28)16-13-21-9-5-3-6-10-21/h3-20H,1-2H3. The maximum atomic E-state index is 4.88. The van der Waals surface area contributed by atoms with Crippen molar-refractivity contribution in [1.29, 1.82) is 0 Å². The zero-order chi connectivity index (χ0) is 19.3. The highest BCUT2D eigenvalue weighted by Gasteiger charge is 2.11. The van der Waals surface area contributed by atoms with Gasteiger partial charge in [0.15, 0.2) is 0 Å². The van der Waals surface area contributed by atoms with Gasteiger partial charge in [-0.15, -0.1) is 0 Å². The van der Waals surface area contributed by atoms with Crippen molar-refractivity contribution in [2.24, 2.45) is 0 Å². The van der Waals surface area contributed by atoms with Gasteiger partial charge in [0.2, 0.25) is 0 Å². The molecule has 1 aromatic heterocycles. The van der Waals surface area contributed by atoms with E-state index in [1.807, 2.05) is 28.9 Å². The van der Waals surface area contributed by atoms with Crippen LogP contribution < -0.4 is 0 Å². The van der Waals surface area contributed by atoms with Crippen molar-refractivity contribution in [3.05, 3.63) is 108 Å². The van der Waals surface area contributed by atoms with E-state index in [9.17, 15) is 0 Å². The van der Waals surface area contributed by atoms with E-state index in [0.717, 1.165) is 22.6 Å². The number of benzene rings is 3. The molecule has 0 fully saturated rings. The van der Waals surface area contributed by atoms with Gasteiger partial charge in [0, 0.05) is 5.56 Å². The predicted molar refractivity (Wildman–Crippen MR) is 118 cm³/mol. The number of hydrogen-bond acceptors (Lipinski definition) is 1. The Labute approximate surface area is 166 Å². The highest BCUT2D eigenvalue weighted by molar-refractivity contribution is 5.72. The third-order valence-corrected chi connectivity index (χ3v) is 4.85. The predicted octanol–water partition coefficient (Wildman–Crippen LogP) is 6.83. The van der Waals surface area contributed by atoms with Gasteiger partial charge in [-0.3, -0.25) is 0 Å². The Morgan fingerprint density at radius 1 is 0.750 bits per heavy atom. The minimum absolute atomic E-state index is 0.518. The molecule has 28 heavy (non-hydrogen) atoms. The molecule has 0 N–H and O–H groups in total. The molecule has 3 aromatic carbocycles. The fourth-order valence-electron chi connectivity index (χ4n) is 3.24. The summed E-state index contributed by atoms with van der Waals surface area (Å²) in [5.74, 6) is 0.518. The summed E-state index contributed by atoms with van der Waals surface area (Å²) >= 11 is 0. The summed E-state index contributed by atoms with van der Waals surface area (Å²) in [6, 6.07) is 31.6. The summed E-state index contributed by atoms with van der Waals surface area (Å²) in [6.45, 7) is 4.43. The summed E-state index contributed by atoms with van der Waals surface area (Å²) in [7, 11) is 0. The molecule has 0 saturated carbocycles. The molecule has 0 spiro atoms. The van der Waals surface area contributed by atoms with Crippen LogP contribution in [0, 0.1) is 0 Å². The van der Waals surface area contributed by atoms with Gasteiger partial charge >= 0.3 is 0 Å². The van der Waals surface area contributed by atoms with Crippen LogP contribution >= 0.6 is 0 Å². The monoisotopic (exact) mass is 364 g/mol. The molecule has 2 nitrogen and oxygen atoms in total. The maximum absolute atomic E-state index is 4.88. The van der Waals surface area contributed by atoms with E-state index in [1.165, 1.54) is 11.1 Å². The van der Waals surface area contributed by atoms with Crippen LogP contribution in [0.5, 0.6) is 0 Å². The van der Waals surface area contributed by atoms with Crippen molar-refractivity contribution < 1.29 is 0 Å². The smallest absolute Gasteiger partial charge is 0.0862 e. The highest BCUT2D eigenvalue weighted by atomic mass is 15.3. The third-order valence-electron chi connectivity index (χ3n) is 4.85. The maximum Gasteiger partial charge on any atom is 0.0862 e. The number of aromatic nitrogens is 2. The highest BCUT2D eigenvalue weighted by Crippen LogP contribution is 2.26. The molecule has 2 heteroatoms. The molecule has 0 aliphatic carbocycles. The fourth-order valence-corrected chi connectivity index (χ4v) is 3.24. The van der Waals surface area contributed by atoms with Crippen LogP contribution in [-0.2, 0) is 0 Å². The normalized spacial score (nSPS) is 11.4. The first-order chi connectivity index (χ1) is 13.7. The van der Waals surface area contributed by atoms with Gasteiger partial charge in [-0.25, -0.2) is 4.68 Å². The van der Waals surface area contributed by atoms with Crippen LogP contribution in [0.3, 0.4) is 0 Å². The van der Waals surface area contributed by atoms with Crippen molar-refractivity contribution in [2.45, 2.75) is 19.8 Å². The summed E-state index contributed by atoms with van der Waals surface area (Å²) in [5, 5.41) is 4.88. The second-order valence-corrected chi connectivity index (χ2v) is 7.22. The number of nitrogens with zero attached hydrogens (tertiary/aromatic N) is 2. The summed E-state index contributed by atoms with van der Waals surface area (Å²) < 4.78 is 2.03. The van der Waals surface area contributed by atoms with Crippen LogP contribution in [0.2, 0.25) is 0 Å². The average molecular weight is 364 g/mol. The van der Waals surface area contributed by atoms with Gasteiger partial charge < -0.3 is 0 Å². The molecule has 0 radical (unpaired) electrons. The van der Waals surface area contributed by atoms with Crippen molar-refractivity contribution in [3.63, 3.8) is 0 Å². The Bertz CT molecular complexity index is 1060. The second-order valence-electron chi connectivity index (χ2n) is 7.22. The van der Waals surface area contributed by atoms with Gasteiger partial charge in [0.05, 0.1) is 17.1 Å². The van der Waals surface area contributed by atoms with Gasteiger partial charge in [0.25, 0.3) is 0 Å². The van der Waals surface area contributed by atoms with Gasteiger partial charge in [-0.05, 0) is 41.3 Å².